The summed E-state index contributed by atoms with van der Waals surface area (Å²) in [5, 5.41) is 0. The molecular formula is C15H32N2O2. The van der Waals surface area contributed by atoms with Gasteiger partial charge >= 0.3 is 0 Å². The van der Waals surface area contributed by atoms with Gasteiger partial charge in [-0.3, -0.25) is 4.79 Å². The van der Waals surface area contributed by atoms with Crippen molar-refractivity contribution in [3.05, 3.63) is 0 Å². The average Bonchev–Trinajstić information content (AvgIpc) is 3.02. The van der Waals surface area contributed by atoms with E-state index in [9.17, 15) is 4.79 Å². The zero-order valence-corrected chi connectivity index (χ0v) is 13.7. The number of carbonyl (C=O) groups is 1. The lowest BCUT2D eigenvalue weighted by Crippen LogP contribution is -2.35. The summed E-state index contributed by atoms with van der Waals surface area (Å²) in [6.45, 7) is 12.4. The molecule has 2 heterocycles. The van der Waals surface area contributed by atoms with E-state index in [1.54, 1.807) is 7.11 Å². The van der Waals surface area contributed by atoms with E-state index >= 15 is 0 Å². The molecule has 4 heteroatoms. The van der Waals surface area contributed by atoms with Crippen molar-refractivity contribution in [3.8, 4) is 0 Å². The quantitative estimate of drug-likeness (QED) is 0.773. The largest absolute Gasteiger partial charge is 0.375 e. The fraction of sp³-hybridized carbons (Fsp3) is 0.933. The molecule has 1 unspecified atom stereocenters. The minimum atomic E-state index is 0.143. The third kappa shape index (κ3) is 5.11. The van der Waals surface area contributed by atoms with Crippen molar-refractivity contribution in [1.29, 1.82) is 0 Å². The number of hydrogen-bond donors (Lipinski definition) is 0. The SMILES string of the molecule is CC.CC.COCC(=O)N1CCC2(CCN(C)C2)C1. The van der Waals surface area contributed by atoms with Crippen molar-refractivity contribution >= 4 is 5.91 Å². The summed E-state index contributed by atoms with van der Waals surface area (Å²) in [6, 6.07) is 0. The fourth-order valence-electron chi connectivity index (χ4n) is 2.85. The summed E-state index contributed by atoms with van der Waals surface area (Å²) in [5.41, 5.74) is 0.387. The molecule has 0 bridgehead atoms. The van der Waals surface area contributed by atoms with Crippen molar-refractivity contribution in [2.24, 2.45) is 5.41 Å². The van der Waals surface area contributed by atoms with Crippen LogP contribution < -0.4 is 0 Å². The Labute approximate surface area is 119 Å². The lowest BCUT2D eigenvalue weighted by Gasteiger charge is -2.23. The Morgan fingerprint density at radius 3 is 2.16 bits per heavy atom. The van der Waals surface area contributed by atoms with E-state index in [1.807, 2.05) is 32.6 Å². The van der Waals surface area contributed by atoms with Gasteiger partial charge in [0.2, 0.25) is 5.91 Å². The molecule has 1 amide bonds. The van der Waals surface area contributed by atoms with E-state index in [-0.39, 0.29) is 12.5 Å². The molecule has 0 aromatic carbocycles. The third-order valence-corrected chi connectivity index (χ3v) is 3.69. The lowest BCUT2D eigenvalue weighted by atomic mass is 9.86. The molecule has 1 atom stereocenters. The maximum absolute atomic E-state index is 11.7. The van der Waals surface area contributed by atoms with Crippen LogP contribution in [0.25, 0.3) is 0 Å². The molecule has 114 valence electrons. The first-order valence-corrected chi connectivity index (χ1v) is 7.60. The molecule has 2 fully saturated rings. The molecule has 4 nitrogen and oxygen atoms in total. The van der Waals surface area contributed by atoms with E-state index in [4.69, 9.17) is 4.74 Å². The van der Waals surface area contributed by atoms with Crippen LogP contribution in [-0.2, 0) is 9.53 Å². The first kappa shape index (κ1) is 18.4. The molecule has 2 aliphatic rings. The monoisotopic (exact) mass is 272 g/mol. The van der Waals surface area contributed by atoms with Gasteiger partial charge in [0.05, 0.1) is 0 Å². The van der Waals surface area contributed by atoms with Gasteiger partial charge in [0.1, 0.15) is 6.61 Å². The number of hydrogen-bond acceptors (Lipinski definition) is 3. The maximum Gasteiger partial charge on any atom is 0.248 e. The van der Waals surface area contributed by atoms with E-state index in [0.717, 1.165) is 26.1 Å². The van der Waals surface area contributed by atoms with Crippen LogP contribution in [0.1, 0.15) is 40.5 Å². The van der Waals surface area contributed by atoms with E-state index in [0.29, 0.717) is 5.41 Å². The normalized spacial score (nSPS) is 25.7. The summed E-state index contributed by atoms with van der Waals surface area (Å²) in [7, 11) is 3.74. The predicted octanol–water partition coefficient (Wildman–Crippen LogP) is 2.24. The maximum atomic E-state index is 11.7. The Morgan fingerprint density at radius 1 is 1.11 bits per heavy atom. The van der Waals surface area contributed by atoms with Gasteiger partial charge in [-0.05, 0) is 26.4 Å². The van der Waals surface area contributed by atoms with Crippen molar-refractivity contribution in [2.75, 3.05) is 46.9 Å². The van der Waals surface area contributed by atoms with Gasteiger partial charge < -0.3 is 14.5 Å². The van der Waals surface area contributed by atoms with Crippen molar-refractivity contribution in [3.63, 3.8) is 0 Å². The standard InChI is InChI=1S/C11H20N2O2.2C2H6/c1-12-5-3-11(8-12)4-6-13(9-11)10(14)7-15-2;2*1-2/h3-9H2,1-2H3;2*1-2H3. The molecule has 0 radical (unpaired) electrons. The molecule has 2 rings (SSSR count). The van der Waals surface area contributed by atoms with E-state index < -0.39 is 0 Å². The number of amides is 1. The smallest absolute Gasteiger partial charge is 0.248 e. The second-order valence-electron chi connectivity index (χ2n) is 4.99. The number of ether oxygens (including phenoxy) is 1. The Balaban J connectivity index is 0.000000741. The van der Waals surface area contributed by atoms with Crippen LogP contribution in [0.5, 0.6) is 0 Å². The predicted molar refractivity (Wildman–Crippen MR) is 80.3 cm³/mol. The van der Waals surface area contributed by atoms with Gasteiger partial charge in [0, 0.05) is 32.2 Å². The molecular weight excluding hydrogens is 240 g/mol. The van der Waals surface area contributed by atoms with Gasteiger partial charge in [-0.1, -0.05) is 27.7 Å². The summed E-state index contributed by atoms with van der Waals surface area (Å²) >= 11 is 0. The molecule has 19 heavy (non-hydrogen) atoms. The van der Waals surface area contributed by atoms with Crippen LogP contribution in [0.4, 0.5) is 0 Å². The van der Waals surface area contributed by atoms with Gasteiger partial charge in [-0.25, -0.2) is 0 Å². The molecule has 0 saturated carbocycles. The van der Waals surface area contributed by atoms with Crippen LogP contribution in [0.3, 0.4) is 0 Å². The minimum absolute atomic E-state index is 0.143. The van der Waals surface area contributed by atoms with Gasteiger partial charge in [0.15, 0.2) is 0 Å². The molecule has 0 aromatic rings. The first-order valence-electron chi connectivity index (χ1n) is 7.60. The second-order valence-corrected chi connectivity index (χ2v) is 4.99. The van der Waals surface area contributed by atoms with Crippen molar-refractivity contribution in [2.45, 2.75) is 40.5 Å². The zero-order chi connectivity index (χ0) is 14.9. The lowest BCUT2D eigenvalue weighted by molar-refractivity contribution is -0.134. The van der Waals surface area contributed by atoms with Gasteiger partial charge in [0.25, 0.3) is 0 Å². The van der Waals surface area contributed by atoms with Crippen molar-refractivity contribution in [1.82, 2.24) is 9.80 Å². The molecule has 2 aliphatic heterocycles. The Hall–Kier alpha value is -0.610. The summed E-state index contributed by atoms with van der Waals surface area (Å²) < 4.78 is 4.89. The van der Waals surface area contributed by atoms with E-state index in [1.165, 1.54) is 13.0 Å². The number of methoxy groups -OCH3 is 1. The number of carbonyl (C=O) groups excluding carboxylic acids is 1. The highest BCUT2D eigenvalue weighted by Gasteiger charge is 2.43. The summed E-state index contributed by atoms with van der Waals surface area (Å²) in [4.78, 5) is 16.0. The highest BCUT2D eigenvalue weighted by atomic mass is 16.5. The second kappa shape index (κ2) is 9.32. The van der Waals surface area contributed by atoms with Crippen LogP contribution in [0.2, 0.25) is 0 Å². The Kier molecular flexibility index (Phi) is 9.02. The molecule has 1 spiro atoms. The Bertz CT molecular complexity index is 259. The number of nitrogens with zero attached hydrogens (tertiary/aromatic N) is 2. The average molecular weight is 272 g/mol. The first-order chi connectivity index (χ1) is 9.15. The van der Waals surface area contributed by atoms with E-state index in [2.05, 4.69) is 11.9 Å². The van der Waals surface area contributed by atoms with Crippen molar-refractivity contribution < 1.29 is 9.53 Å². The minimum Gasteiger partial charge on any atom is -0.375 e. The van der Waals surface area contributed by atoms with Gasteiger partial charge in [-0.2, -0.15) is 0 Å². The topological polar surface area (TPSA) is 32.8 Å². The van der Waals surface area contributed by atoms with Gasteiger partial charge in [-0.15, -0.1) is 0 Å². The molecule has 2 saturated heterocycles. The zero-order valence-electron chi connectivity index (χ0n) is 13.7. The Morgan fingerprint density at radius 2 is 1.68 bits per heavy atom. The summed E-state index contributed by atoms with van der Waals surface area (Å²) in [5.74, 6) is 0.143. The van der Waals surface area contributed by atoms with Crippen LogP contribution in [0, 0.1) is 5.41 Å². The van der Waals surface area contributed by atoms with Crippen LogP contribution in [0.15, 0.2) is 0 Å². The highest BCUT2D eigenvalue weighted by Crippen LogP contribution is 2.38. The molecule has 0 N–H and O–H groups in total. The third-order valence-electron chi connectivity index (χ3n) is 3.69. The fourth-order valence-corrected chi connectivity index (χ4v) is 2.85. The molecule has 0 aromatic heterocycles. The van der Waals surface area contributed by atoms with Crippen LogP contribution >= 0.6 is 0 Å². The number of likely N-dealkylation sites (tertiary alicyclic amines) is 2. The van der Waals surface area contributed by atoms with Crippen LogP contribution in [-0.4, -0.2) is 62.7 Å². The number of rotatable bonds is 2. The molecule has 0 aliphatic carbocycles. The summed E-state index contributed by atoms with van der Waals surface area (Å²) in [6.07, 6.45) is 2.40. The highest BCUT2D eigenvalue weighted by molar-refractivity contribution is 5.77.